The molecule has 3 aromatic rings. The number of hydrogen-bond donors (Lipinski definition) is 1. The number of ether oxygens (including phenoxy) is 1. The van der Waals surface area contributed by atoms with Crippen molar-refractivity contribution in [2.45, 2.75) is 6.54 Å². The zero-order valence-corrected chi connectivity index (χ0v) is 12.6. The first kappa shape index (κ1) is 13.3. The van der Waals surface area contributed by atoms with E-state index in [1.54, 1.807) is 18.4 Å². The molecule has 2 aromatic carbocycles. The third-order valence-corrected chi connectivity index (χ3v) is 4.84. The molecule has 0 bridgehead atoms. The number of hydrogen-bond acceptors (Lipinski definition) is 3. The van der Waals surface area contributed by atoms with E-state index in [-0.39, 0.29) is 0 Å². The first-order chi connectivity index (χ1) is 9.78. The van der Waals surface area contributed by atoms with Crippen LogP contribution in [0.25, 0.3) is 10.1 Å². The highest BCUT2D eigenvalue weighted by molar-refractivity contribution is 7.19. The van der Waals surface area contributed by atoms with E-state index in [1.165, 1.54) is 4.70 Å². The highest BCUT2D eigenvalue weighted by Crippen LogP contribution is 2.35. The van der Waals surface area contributed by atoms with Crippen molar-refractivity contribution in [3.05, 3.63) is 58.4 Å². The fourth-order valence-electron chi connectivity index (χ4n) is 2.09. The molecule has 20 heavy (non-hydrogen) atoms. The van der Waals surface area contributed by atoms with Crippen molar-refractivity contribution in [1.29, 1.82) is 0 Å². The molecule has 0 aliphatic heterocycles. The number of anilines is 1. The van der Waals surface area contributed by atoms with Gasteiger partial charge in [0.05, 0.1) is 18.7 Å². The molecule has 1 aromatic heterocycles. The van der Waals surface area contributed by atoms with Gasteiger partial charge < -0.3 is 10.1 Å². The maximum Gasteiger partial charge on any atom is 0.120 e. The van der Waals surface area contributed by atoms with Crippen LogP contribution in [0.3, 0.4) is 0 Å². The summed E-state index contributed by atoms with van der Waals surface area (Å²) in [6, 6.07) is 16.1. The van der Waals surface area contributed by atoms with E-state index >= 15 is 0 Å². The van der Waals surface area contributed by atoms with Crippen LogP contribution in [0.4, 0.5) is 5.69 Å². The van der Waals surface area contributed by atoms with E-state index in [1.807, 2.05) is 36.4 Å². The molecule has 0 spiro atoms. The Bertz CT molecular complexity index is 738. The van der Waals surface area contributed by atoms with Gasteiger partial charge >= 0.3 is 0 Å². The van der Waals surface area contributed by atoms with Gasteiger partial charge in [0.15, 0.2) is 0 Å². The molecular formula is C16H14ClNOS. The lowest BCUT2D eigenvalue weighted by Gasteiger charge is -2.07. The van der Waals surface area contributed by atoms with Crippen LogP contribution in [0.5, 0.6) is 5.75 Å². The third-order valence-electron chi connectivity index (χ3n) is 3.12. The van der Waals surface area contributed by atoms with Crippen molar-refractivity contribution in [3.8, 4) is 5.75 Å². The van der Waals surface area contributed by atoms with Gasteiger partial charge in [-0.2, -0.15) is 0 Å². The average molecular weight is 304 g/mol. The van der Waals surface area contributed by atoms with E-state index in [4.69, 9.17) is 16.3 Å². The molecule has 0 aliphatic carbocycles. The van der Waals surface area contributed by atoms with Gasteiger partial charge in [0.1, 0.15) is 5.75 Å². The number of fused-ring (bicyclic) bond motifs is 1. The minimum Gasteiger partial charge on any atom is -0.497 e. The summed E-state index contributed by atoms with van der Waals surface area (Å²) < 4.78 is 6.44. The normalized spacial score (nSPS) is 10.7. The van der Waals surface area contributed by atoms with Gasteiger partial charge in [-0.1, -0.05) is 35.9 Å². The summed E-state index contributed by atoms with van der Waals surface area (Å²) in [5.41, 5.74) is 1.03. The van der Waals surface area contributed by atoms with Crippen LogP contribution in [0, 0.1) is 0 Å². The molecule has 0 amide bonds. The second-order valence-corrected chi connectivity index (χ2v) is 5.94. The largest absolute Gasteiger partial charge is 0.497 e. The van der Waals surface area contributed by atoms with Gasteiger partial charge in [-0.25, -0.2) is 0 Å². The zero-order valence-electron chi connectivity index (χ0n) is 11.0. The van der Waals surface area contributed by atoms with E-state index < -0.39 is 0 Å². The lowest BCUT2D eigenvalue weighted by atomic mass is 10.2. The van der Waals surface area contributed by atoms with Gasteiger partial charge in [0.25, 0.3) is 0 Å². The molecule has 102 valence electrons. The minimum atomic E-state index is 0.714. The summed E-state index contributed by atoms with van der Waals surface area (Å²) in [4.78, 5) is 1.15. The van der Waals surface area contributed by atoms with Crippen LogP contribution in [-0.4, -0.2) is 7.11 Å². The highest BCUT2D eigenvalue weighted by atomic mass is 35.5. The smallest absolute Gasteiger partial charge is 0.120 e. The zero-order chi connectivity index (χ0) is 13.9. The second-order valence-electron chi connectivity index (χ2n) is 4.42. The summed E-state index contributed by atoms with van der Waals surface area (Å²) >= 11 is 8.16. The molecule has 3 rings (SSSR count). The monoisotopic (exact) mass is 303 g/mol. The third kappa shape index (κ3) is 2.60. The number of methoxy groups -OCH3 is 1. The first-order valence-corrected chi connectivity index (χ1v) is 7.51. The Morgan fingerprint density at radius 1 is 1.15 bits per heavy atom. The van der Waals surface area contributed by atoms with Crippen molar-refractivity contribution < 1.29 is 4.74 Å². The predicted molar refractivity (Wildman–Crippen MR) is 87.2 cm³/mol. The second kappa shape index (κ2) is 5.73. The fourth-order valence-corrected chi connectivity index (χ4v) is 3.53. The molecular weight excluding hydrogens is 290 g/mol. The minimum absolute atomic E-state index is 0.714. The Hall–Kier alpha value is -1.71. The van der Waals surface area contributed by atoms with E-state index in [0.29, 0.717) is 6.54 Å². The molecule has 0 unspecified atom stereocenters. The summed E-state index contributed by atoms with van der Waals surface area (Å²) in [6.45, 7) is 0.714. The SMILES string of the molecule is COc1cccc(NCc2sc3ccccc3c2Cl)c1. The Labute approximate surface area is 127 Å². The van der Waals surface area contributed by atoms with Crippen LogP contribution in [0.1, 0.15) is 4.88 Å². The molecule has 0 saturated heterocycles. The van der Waals surface area contributed by atoms with Crippen LogP contribution in [0.15, 0.2) is 48.5 Å². The molecule has 0 radical (unpaired) electrons. The average Bonchev–Trinajstić information content (AvgIpc) is 2.82. The quantitative estimate of drug-likeness (QED) is 0.717. The Kier molecular flexibility index (Phi) is 3.81. The molecule has 1 N–H and O–H groups in total. The van der Waals surface area contributed by atoms with Crippen molar-refractivity contribution in [1.82, 2.24) is 0 Å². The topological polar surface area (TPSA) is 21.3 Å². The van der Waals surface area contributed by atoms with Crippen LogP contribution < -0.4 is 10.1 Å². The summed E-state index contributed by atoms with van der Waals surface area (Å²) in [7, 11) is 1.67. The van der Waals surface area contributed by atoms with E-state index in [9.17, 15) is 0 Å². The maximum atomic E-state index is 6.43. The van der Waals surface area contributed by atoms with Gasteiger partial charge in [0.2, 0.25) is 0 Å². The molecule has 0 atom stereocenters. The maximum absolute atomic E-state index is 6.43. The molecule has 1 heterocycles. The van der Waals surface area contributed by atoms with Crippen molar-refractivity contribution in [2.24, 2.45) is 0 Å². The van der Waals surface area contributed by atoms with Crippen molar-refractivity contribution >= 4 is 38.7 Å². The Balaban J connectivity index is 1.81. The highest BCUT2D eigenvalue weighted by Gasteiger charge is 2.09. The Morgan fingerprint density at radius 3 is 2.80 bits per heavy atom. The van der Waals surface area contributed by atoms with Gasteiger partial charge in [-0.15, -0.1) is 11.3 Å². The number of rotatable bonds is 4. The van der Waals surface area contributed by atoms with E-state index in [2.05, 4.69) is 17.4 Å². The van der Waals surface area contributed by atoms with Crippen LogP contribution in [-0.2, 0) is 6.54 Å². The van der Waals surface area contributed by atoms with Gasteiger partial charge in [0, 0.05) is 26.7 Å². The fraction of sp³-hybridized carbons (Fsp3) is 0.125. The summed E-state index contributed by atoms with van der Waals surface area (Å²) in [6.07, 6.45) is 0. The molecule has 2 nitrogen and oxygen atoms in total. The summed E-state index contributed by atoms with van der Waals surface area (Å²) in [5, 5.41) is 5.36. The number of nitrogens with one attached hydrogen (secondary N) is 1. The van der Waals surface area contributed by atoms with Gasteiger partial charge in [-0.3, -0.25) is 0 Å². The number of thiophene rings is 1. The van der Waals surface area contributed by atoms with Crippen molar-refractivity contribution in [2.75, 3.05) is 12.4 Å². The predicted octanol–water partition coefficient (Wildman–Crippen LogP) is 5.18. The lowest BCUT2D eigenvalue weighted by Crippen LogP contribution is -1.98. The molecule has 0 aliphatic rings. The summed E-state index contributed by atoms with van der Waals surface area (Å²) in [5.74, 6) is 0.845. The van der Waals surface area contributed by atoms with Crippen LogP contribution in [0.2, 0.25) is 5.02 Å². The number of benzene rings is 2. The standard InChI is InChI=1S/C16H14ClNOS/c1-19-12-6-4-5-11(9-12)18-10-15-16(17)13-7-2-3-8-14(13)20-15/h2-9,18H,10H2,1H3. The first-order valence-electron chi connectivity index (χ1n) is 6.32. The Morgan fingerprint density at radius 2 is 2.00 bits per heavy atom. The van der Waals surface area contributed by atoms with Crippen molar-refractivity contribution in [3.63, 3.8) is 0 Å². The number of halogens is 1. The van der Waals surface area contributed by atoms with Crippen LogP contribution >= 0.6 is 22.9 Å². The molecule has 0 saturated carbocycles. The molecule has 0 fully saturated rings. The van der Waals surface area contributed by atoms with E-state index in [0.717, 1.165) is 26.7 Å². The van der Waals surface area contributed by atoms with Gasteiger partial charge in [-0.05, 0) is 18.2 Å². The molecule has 4 heteroatoms. The lowest BCUT2D eigenvalue weighted by molar-refractivity contribution is 0.415.